The van der Waals surface area contributed by atoms with E-state index in [1.54, 1.807) is 0 Å². The summed E-state index contributed by atoms with van der Waals surface area (Å²) in [4.78, 5) is 0. The highest BCUT2D eigenvalue weighted by atomic mass is 19.1. The van der Waals surface area contributed by atoms with Crippen LogP contribution in [-0.2, 0) is 0 Å². The maximum absolute atomic E-state index is 13.0. The SMILES string of the molecule is CC(C)[C@@H](CO)NC(c1ccc(F)cc1)C1CC1. The first-order chi connectivity index (χ1) is 8.61. The van der Waals surface area contributed by atoms with Crippen molar-refractivity contribution in [3.63, 3.8) is 0 Å². The van der Waals surface area contributed by atoms with Gasteiger partial charge in [-0.05, 0) is 42.4 Å². The predicted octanol–water partition coefficient (Wildman–Crippen LogP) is 2.88. The number of hydrogen-bond acceptors (Lipinski definition) is 2. The molecule has 0 spiro atoms. The second-order valence-electron chi connectivity index (χ2n) is 5.57. The minimum Gasteiger partial charge on any atom is -0.395 e. The molecule has 0 saturated heterocycles. The Balaban J connectivity index is 2.10. The van der Waals surface area contributed by atoms with Gasteiger partial charge < -0.3 is 10.4 Å². The van der Waals surface area contributed by atoms with Crippen molar-refractivity contribution in [2.45, 2.75) is 38.8 Å². The van der Waals surface area contributed by atoms with Crippen molar-refractivity contribution in [1.82, 2.24) is 5.32 Å². The Kier molecular flexibility index (Phi) is 4.36. The molecule has 0 amide bonds. The third-order valence-corrected chi connectivity index (χ3v) is 3.72. The van der Waals surface area contributed by atoms with Crippen LogP contribution in [0.4, 0.5) is 4.39 Å². The first-order valence-electron chi connectivity index (χ1n) is 6.74. The van der Waals surface area contributed by atoms with E-state index in [1.165, 1.54) is 25.0 Å². The Hall–Kier alpha value is -0.930. The Labute approximate surface area is 108 Å². The lowest BCUT2D eigenvalue weighted by Gasteiger charge is -2.27. The highest BCUT2D eigenvalue weighted by Crippen LogP contribution is 2.41. The van der Waals surface area contributed by atoms with Crippen molar-refractivity contribution in [2.24, 2.45) is 11.8 Å². The Morgan fingerprint density at radius 1 is 1.28 bits per heavy atom. The first kappa shape index (κ1) is 13.5. The number of benzene rings is 1. The molecule has 0 radical (unpaired) electrons. The summed E-state index contributed by atoms with van der Waals surface area (Å²) in [5.74, 6) is 0.816. The van der Waals surface area contributed by atoms with E-state index in [4.69, 9.17) is 0 Å². The molecule has 1 aromatic rings. The summed E-state index contributed by atoms with van der Waals surface area (Å²) in [6.45, 7) is 4.34. The van der Waals surface area contributed by atoms with Crippen LogP contribution in [0.1, 0.15) is 38.3 Å². The molecule has 1 fully saturated rings. The fourth-order valence-corrected chi connectivity index (χ4v) is 2.29. The zero-order valence-electron chi connectivity index (χ0n) is 11.1. The number of hydrogen-bond donors (Lipinski definition) is 2. The monoisotopic (exact) mass is 251 g/mol. The third-order valence-electron chi connectivity index (χ3n) is 3.72. The van der Waals surface area contributed by atoms with Crippen molar-refractivity contribution in [2.75, 3.05) is 6.61 Å². The zero-order valence-corrected chi connectivity index (χ0v) is 11.1. The van der Waals surface area contributed by atoms with E-state index in [2.05, 4.69) is 19.2 Å². The van der Waals surface area contributed by atoms with Gasteiger partial charge in [0.2, 0.25) is 0 Å². The summed E-state index contributed by atoms with van der Waals surface area (Å²) >= 11 is 0. The zero-order chi connectivity index (χ0) is 13.1. The van der Waals surface area contributed by atoms with E-state index >= 15 is 0 Å². The van der Waals surface area contributed by atoms with Gasteiger partial charge in [0.15, 0.2) is 0 Å². The van der Waals surface area contributed by atoms with Crippen molar-refractivity contribution in [1.29, 1.82) is 0 Å². The quantitative estimate of drug-likeness (QED) is 0.815. The van der Waals surface area contributed by atoms with E-state index < -0.39 is 0 Å². The van der Waals surface area contributed by atoms with Gasteiger partial charge in [-0.25, -0.2) is 4.39 Å². The molecule has 2 nitrogen and oxygen atoms in total. The van der Waals surface area contributed by atoms with E-state index in [1.807, 2.05) is 12.1 Å². The fraction of sp³-hybridized carbons (Fsp3) is 0.600. The van der Waals surface area contributed by atoms with Crippen LogP contribution in [0.3, 0.4) is 0 Å². The molecule has 0 aliphatic heterocycles. The Morgan fingerprint density at radius 3 is 2.33 bits per heavy atom. The third kappa shape index (κ3) is 3.30. The molecule has 1 aliphatic carbocycles. The summed E-state index contributed by atoms with van der Waals surface area (Å²) in [6, 6.07) is 7.05. The van der Waals surface area contributed by atoms with Crippen molar-refractivity contribution < 1.29 is 9.50 Å². The smallest absolute Gasteiger partial charge is 0.123 e. The van der Waals surface area contributed by atoms with E-state index in [0.29, 0.717) is 11.8 Å². The highest BCUT2D eigenvalue weighted by molar-refractivity contribution is 5.22. The second-order valence-corrected chi connectivity index (χ2v) is 5.57. The topological polar surface area (TPSA) is 32.3 Å². The van der Waals surface area contributed by atoms with Crippen LogP contribution < -0.4 is 5.32 Å². The molecule has 1 saturated carbocycles. The predicted molar refractivity (Wildman–Crippen MR) is 70.7 cm³/mol. The van der Waals surface area contributed by atoms with Crippen molar-refractivity contribution >= 4 is 0 Å². The molecule has 1 aromatic carbocycles. The van der Waals surface area contributed by atoms with Crippen LogP contribution in [0.2, 0.25) is 0 Å². The maximum atomic E-state index is 13.0. The number of aliphatic hydroxyl groups is 1. The van der Waals surface area contributed by atoms with E-state index in [0.717, 1.165) is 5.56 Å². The maximum Gasteiger partial charge on any atom is 0.123 e. The number of halogens is 1. The van der Waals surface area contributed by atoms with Crippen LogP contribution in [0.5, 0.6) is 0 Å². The normalized spacial score (nSPS) is 18.9. The Bertz CT molecular complexity index is 373. The van der Waals surface area contributed by atoms with Crippen molar-refractivity contribution in [3.05, 3.63) is 35.6 Å². The van der Waals surface area contributed by atoms with Gasteiger partial charge in [-0.15, -0.1) is 0 Å². The molecule has 2 N–H and O–H groups in total. The molecule has 100 valence electrons. The highest BCUT2D eigenvalue weighted by Gasteiger charge is 2.33. The van der Waals surface area contributed by atoms with Crippen molar-refractivity contribution in [3.8, 4) is 0 Å². The second kappa shape index (κ2) is 5.81. The van der Waals surface area contributed by atoms with E-state index in [-0.39, 0.29) is 24.5 Å². The lowest BCUT2D eigenvalue weighted by molar-refractivity contribution is 0.194. The average Bonchev–Trinajstić information content (AvgIpc) is 3.16. The van der Waals surface area contributed by atoms with Gasteiger partial charge in [-0.2, -0.15) is 0 Å². The molecular weight excluding hydrogens is 229 g/mol. The molecule has 18 heavy (non-hydrogen) atoms. The fourth-order valence-electron chi connectivity index (χ4n) is 2.29. The summed E-state index contributed by atoms with van der Waals surface area (Å²) in [5, 5.41) is 12.9. The molecule has 1 unspecified atom stereocenters. The molecule has 2 atom stereocenters. The number of rotatable bonds is 6. The van der Waals surface area contributed by atoms with Crippen LogP contribution >= 0.6 is 0 Å². The van der Waals surface area contributed by atoms with Gasteiger partial charge in [0, 0.05) is 12.1 Å². The summed E-state index contributed by atoms with van der Waals surface area (Å²) < 4.78 is 13.0. The molecule has 0 aromatic heterocycles. The molecule has 3 heteroatoms. The lowest BCUT2D eigenvalue weighted by atomic mass is 9.98. The minimum absolute atomic E-state index is 0.0978. The van der Waals surface area contributed by atoms with Gasteiger partial charge >= 0.3 is 0 Å². The van der Waals surface area contributed by atoms with Gasteiger partial charge in [0.05, 0.1) is 6.61 Å². The number of aliphatic hydroxyl groups excluding tert-OH is 1. The molecule has 0 heterocycles. The number of nitrogens with one attached hydrogen (secondary N) is 1. The first-order valence-corrected chi connectivity index (χ1v) is 6.74. The van der Waals surface area contributed by atoms with Crippen LogP contribution in [-0.4, -0.2) is 17.8 Å². The largest absolute Gasteiger partial charge is 0.395 e. The van der Waals surface area contributed by atoms with Crippen LogP contribution in [0, 0.1) is 17.7 Å². The van der Waals surface area contributed by atoms with E-state index in [9.17, 15) is 9.50 Å². The molecular formula is C15H22FNO. The van der Waals surface area contributed by atoms with Gasteiger partial charge in [-0.3, -0.25) is 0 Å². The standard InChI is InChI=1S/C15H22FNO/c1-10(2)14(9-18)17-15(11-3-4-11)12-5-7-13(16)8-6-12/h5-8,10-11,14-15,17-18H,3-4,9H2,1-2H3/t14-,15?/m1/s1. The summed E-state index contributed by atoms with van der Waals surface area (Å²) in [5.41, 5.74) is 1.12. The lowest BCUT2D eigenvalue weighted by Crippen LogP contribution is -2.40. The van der Waals surface area contributed by atoms with Crippen LogP contribution in [0.25, 0.3) is 0 Å². The summed E-state index contributed by atoms with van der Waals surface area (Å²) in [6.07, 6.45) is 2.43. The molecule has 0 bridgehead atoms. The molecule has 1 aliphatic rings. The molecule has 2 rings (SSSR count). The van der Waals surface area contributed by atoms with Gasteiger partial charge in [-0.1, -0.05) is 26.0 Å². The minimum atomic E-state index is -0.198. The summed E-state index contributed by atoms with van der Waals surface area (Å²) in [7, 11) is 0. The van der Waals surface area contributed by atoms with Gasteiger partial charge in [0.25, 0.3) is 0 Å². The Morgan fingerprint density at radius 2 is 1.89 bits per heavy atom. The van der Waals surface area contributed by atoms with Crippen LogP contribution in [0.15, 0.2) is 24.3 Å². The van der Waals surface area contributed by atoms with Gasteiger partial charge in [0.1, 0.15) is 5.82 Å². The average molecular weight is 251 g/mol.